The number of halogens is 2. The van der Waals surface area contributed by atoms with Crippen molar-refractivity contribution in [3.63, 3.8) is 0 Å². The minimum absolute atomic E-state index is 0.159. The highest BCUT2D eigenvalue weighted by Gasteiger charge is 2.33. The zero-order chi connectivity index (χ0) is 24.1. The van der Waals surface area contributed by atoms with E-state index in [1.165, 1.54) is 12.1 Å². The second-order valence-corrected chi connectivity index (χ2v) is 9.91. The van der Waals surface area contributed by atoms with E-state index in [1.54, 1.807) is 14.0 Å². The molecule has 8 nitrogen and oxygen atoms in total. The van der Waals surface area contributed by atoms with Gasteiger partial charge in [-0.2, -0.15) is 0 Å². The van der Waals surface area contributed by atoms with Crippen LogP contribution in [0.2, 0.25) is 0 Å². The summed E-state index contributed by atoms with van der Waals surface area (Å²) in [5.74, 6) is -0.916. The van der Waals surface area contributed by atoms with E-state index in [4.69, 9.17) is 16.2 Å². The van der Waals surface area contributed by atoms with Crippen LogP contribution in [0, 0.1) is 18.6 Å². The van der Waals surface area contributed by atoms with Crippen LogP contribution >= 0.6 is 11.3 Å². The zero-order valence-electron chi connectivity index (χ0n) is 18.9. The van der Waals surface area contributed by atoms with Crippen LogP contribution in [0.3, 0.4) is 0 Å². The molecule has 1 fully saturated rings. The number of thiophene rings is 1. The van der Waals surface area contributed by atoms with Crippen LogP contribution in [0.1, 0.15) is 33.0 Å². The first-order chi connectivity index (χ1) is 16.2. The van der Waals surface area contributed by atoms with Gasteiger partial charge in [0.1, 0.15) is 15.5 Å². The summed E-state index contributed by atoms with van der Waals surface area (Å²) in [6.45, 7) is 2.54. The predicted molar refractivity (Wildman–Crippen MR) is 127 cm³/mol. The van der Waals surface area contributed by atoms with Crippen molar-refractivity contribution in [3.8, 4) is 0 Å². The number of aromatic nitrogens is 2. The number of ether oxygens (including phenoxy) is 1. The van der Waals surface area contributed by atoms with Gasteiger partial charge < -0.3 is 26.4 Å². The number of rotatable bonds is 4. The molecule has 0 spiro atoms. The molecule has 0 saturated carbocycles. The van der Waals surface area contributed by atoms with Crippen LogP contribution in [0.15, 0.2) is 12.1 Å². The lowest BCUT2D eigenvalue weighted by atomic mass is 9.91. The molecule has 5 rings (SSSR count). The van der Waals surface area contributed by atoms with E-state index >= 15 is 0 Å². The van der Waals surface area contributed by atoms with Crippen molar-refractivity contribution >= 4 is 39.0 Å². The number of amides is 1. The summed E-state index contributed by atoms with van der Waals surface area (Å²) in [5.41, 5.74) is 14.3. The van der Waals surface area contributed by atoms with Crippen LogP contribution in [0.25, 0.3) is 10.2 Å². The second-order valence-electron chi connectivity index (χ2n) is 8.91. The summed E-state index contributed by atoms with van der Waals surface area (Å²) in [7, 11) is 1.60. The van der Waals surface area contributed by atoms with Gasteiger partial charge in [-0.1, -0.05) is 0 Å². The number of nitrogens with zero attached hydrogens (tertiary/aromatic N) is 3. The fourth-order valence-corrected chi connectivity index (χ4v) is 5.74. The standard InChI is InChI=1S/C23H26F2N6O2S/c1-10-14(24)7-13-19(27)20(34-23(13)28-10)22(32)29-12-3-4-17-11(5-12)6-15(25)21(30-17)31-8-16(26)18(9-31)33-2/h6-7,12,16,18H,3-5,8-9,26-27H2,1-2H3,(H,29,32). The molecule has 0 bridgehead atoms. The number of hydrogen-bond donors (Lipinski definition) is 3. The van der Waals surface area contributed by atoms with E-state index in [9.17, 15) is 13.6 Å². The minimum Gasteiger partial charge on any atom is -0.397 e. The Morgan fingerprint density at radius 2 is 2.06 bits per heavy atom. The van der Waals surface area contributed by atoms with E-state index in [1.807, 2.05) is 4.90 Å². The number of nitrogen functional groups attached to an aromatic ring is 1. The van der Waals surface area contributed by atoms with Gasteiger partial charge in [0, 0.05) is 37.3 Å². The Labute approximate surface area is 199 Å². The number of fused-ring (bicyclic) bond motifs is 2. The Morgan fingerprint density at radius 1 is 1.26 bits per heavy atom. The van der Waals surface area contributed by atoms with Crippen LogP contribution in [-0.4, -0.2) is 54.3 Å². The quantitative estimate of drug-likeness (QED) is 0.516. The molecular weight excluding hydrogens is 462 g/mol. The van der Waals surface area contributed by atoms with Crippen molar-refractivity contribution in [2.45, 2.75) is 44.4 Å². The van der Waals surface area contributed by atoms with Crippen molar-refractivity contribution < 1.29 is 18.3 Å². The molecule has 3 unspecified atom stereocenters. The lowest BCUT2D eigenvalue weighted by Crippen LogP contribution is -2.39. The number of pyridine rings is 2. The molecule has 1 aliphatic carbocycles. The fourth-order valence-electron chi connectivity index (χ4n) is 4.72. The van der Waals surface area contributed by atoms with Crippen LogP contribution < -0.4 is 21.7 Å². The Hall–Kier alpha value is -2.89. The smallest absolute Gasteiger partial charge is 0.263 e. The number of nitrogens with two attached hydrogens (primary N) is 2. The van der Waals surface area contributed by atoms with Gasteiger partial charge in [0.05, 0.1) is 23.5 Å². The van der Waals surface area contributed by atoms with Crippen LogP contribution in [-0.2, 0) is 17.6 Å². The van der Waals surface area contributed by atoms with Gasteiger partial charge in [-0.05, 0) is 43.9 Å². The molecular formula is C23H26F2N6O2S. The highest BCUT2D eigenvalue weighted by Crippen LogP contribution is 2.34. The summed E-state index contributed by atoms with van der Waals surface area (Å²) in [5, 5.41) is 3.43. The summed E-state index contributed by atoms with van der Waals surface area (Å²) in [6, 6.07) is 2.43. The topological polar surface area (TPSA) is 119 Å². The van der Waals surface area contributed by atoms with Gasteiger partial charge in [-0.15, -0.1) is 11.3 Å². The van der Waals surface area contributed by atoms with Gasteiger partial charge in [0.2, 0.25) is 0 Å². The van der Waals surface area contributed by atoms with E-state index in [0.717, 1.165) is 22.6 Å². The zero-order valence-corrected chi connectivity index (χ0v) is 19.7. The Bertz CT molecular complexity index is 1280. The highest BCUT2D eigenvalue weighted by molar-refractivity contribution is 7.21. The molecule has 0 aromatic carbocycles. The second kappa shape index (κ2) is 8.71. The third-order valence-corrected chi connectivity index (χ3v) is 7.74. The first-order valence-corrected chi connectivity index (χ1v) is 11.9. The average Bonchev–Trinajstić information content (AvgIpc) is 3.33. The largest absolute Gasteiger partial charge is 0.397 e. The van der Waals surface area contributed by atoms with E-state index in [-0.39, 0.29) is 35.5 Å². The number of carbonyl (C=O) groups excluding carboxylic acids is 1. The molecule has 1 saturated heterocycles. The molecule has 34 heavy (non-hydrogen) atoms. The molecule has 4 heterocycles. The van der Waals surface area contributed by atoms with Crippen molar-refractivity contribution in [3.05, 3.63) is 45.6 Å². The summed E-state index contributed by atoms with van der Waals surface area (Å²) < 4.78 is 34.2. The summed E-state index contributed by atoms with van der Waals surface area (Å²) in [4.78, 5) is 24.4. The van der Waals surface area contributed by atoms with Crippen molar-refractivity contribution in [2.24, 2.45) is 5.73 Å². The molecule has 3 aromatic heterocycles. The molecule has 180 valence electrons. The third kappa shape index (κ3) is 3.97. The van der Waals surface area contributed by atoms with Crippen LogP contribution in [0.4, 0.5) is 20.3 Å². The van der Waals surface area contributed by atoms with Crippen molar-refractivity contribution in [2.75, 3.05) is 30.8 Å². The predicted octanol–water partition coefficient (Wildman–Crippen LogP) is 2.31. The Morgan fingerprint density at radius 3 is 2.79 bits per heavy atom. The Balaban J connectivity index is 1.32. The molecule has 5 N–H and O–H groups in total. The molecule has 1 amide bonds. The molecule has 3 atom stereocenters. The van der Waals surface area contributed by atoms with Crippen molar-refractivity contribution in [1.29, 1.82) is 0 Å². The number of carbonyl (C=O) groups is 1. The maximum Gasteiger partial charge on any atom is 0.263 e. The van der Waals surface area contributed by atoms with Gasteiger partial charge >= 0.3 is 0 Å². The molecule has 0 radical (unpaired) electrons. The average molecular weight is 489 g/mol. The molecule has 11 heteroatoms. The number of hydrogen-bond acceptors (Lipinski definition) is 8. The molecule has 3 aromatic rings. The van der Waals surface area contributed by atoms with Gasteiger partial charge in [0.25, 0.3) is 5.91 Å². The third-order valence-electron chi connectivity index (χ3n) is 6.62. The normalized spacial score (nSPS) is 22.3. The number of nitrogens with one attached hydrogen (secondary N) is 1. The lowest BCUT2D eigenvalue weighted by Gasteiger charge is -2.27. The van der Waals surface area contributed by atoms with E-state index in [2.05, 4.69) is 15.3 Å². The van der Waals surface area contributed by atoms with Gasteiger partial charge in [-0.3, -0.25) is 4.79 Å². The summed E-state index contributed by atoms with van der Waals surface area (Å²) in [6.07, 6.45) is 1.57. The maximum absolute atomic E-state index is 15.0. The Kier molecular flexibility index (Phi) is 5.86. The first kappa shape index (κ1) is 22.9. The van der Waals surface area contributed by atoms with E-state index in [0.29, 0.717) is 53.3 Å². The summed E-state index contributed by atoms with van der Waals surface area (Å²) >= 11 is 1.14. The monoisotopic (exact) mass is 488 g/mol. The van der Waals surface area contributed by atoms with E-state index < -0.39 is 11.6 Å². The number of anilines is 2. The van der Waals surface area contributed by atoms with Crippen LogP contribution in [0.5, 0.6) is 0 Å². The SMILES string of the molecule is COC1CN(c2nc3c(cc2F)CC(NC(=O)c2sc4nc(C)c(F)cc4c2N)CC3)CC1N. The molecule has 2 aliphatic rings. The fraction of sp³-hybridized carbons (Fsp3) is 0.435. The minimum atomic E-state index is -0.463. The number of aryl methyl sites for hydroxylation is 2. The lowest BCUT2D eigenvalue weighted by molar-refractivity contribution is 0.0938. The van der Waals surface area contributed by atoms with Gasteiger partial charge in [0.15, 0.2) is 11.6 Å². The maximum atomic E-state index is 15.0. The van der Waals surface area contributed by atoms with Crippen molar-refractivity contribution in [1.82, 2.24) is 15.3 Å². The highest BCUT2D eigenvalue weighted by atomic mass is 32.1. The first-order valence-electron chi connectivity index (χ1n) is 11.1. The number of methoxy groups -OCH3 is 1. The molecule has 1 aliphatic heterocycles. The van der Waals surface area contributed by atoms with Gasteiger partial charge in [-0.25, -0.2) is 18.7 Å².